The zero-order chi connectivity index (χ0) is 16.4. The van der Waals surface area contributed by atoms with Gasteiger partial charge >= 0.3 is 0 Å². The Labute approximate surface area is 139 Å². The number of morpholine rings is 1. The molecule has 2 fully saturated rings. The maximum Gasteiger partial charge on any atom is 0.273 e. The van der Waals surface area contributed by atoms with Crippen LogP contribution < -0.4 is 0 Å². The summed E-state index contributed by atoms with van der Waals surface area (Å²) in [5.41, 5.74) is 0.651. The fourth-order valence-corrected chi connectivity index (χ4v) is 3.21. The van der Waals surface area contributed by atoms with Crippen molar-refractivity contribution in [2.75, 3.05) is 33.0 Å². The molecule has 24 heavy (non-hydrogen) atoms. The Bertz CT molecular complexity index is 732. The van der Waals surface area contributed by atoms with Crippen molar-refractivity contribution in [2.24, 2.45) is 0 Å². The molecule has 0 bridgehead atoms. The van der Waals surface area contributed by atoms with Crippen molar-refractivity contribution in [2.45, 2.75) is 12.0 Å². The number of ether oxygens (including phenoxy) is 2. The molecule has 0 radical (unpaired) electrons. The number of amides is 1. The van der Waals surface area contributed by atoms with E-state index in [-0.39, 0.29) is 11.4 Å². The Morgan fingerprint density at radius 3 is 2.75 bits per heavy atom. The van der Waals surface area contributed by atoms with Crippen molar-refractivity contribution in [3.05, 3.63) is 42.4 Å². The van der Waals surface area contributed by atoms with E-state index in [1.165, 1.54) is 0 Å². The summed E-state index contributed by atoms with van der Waals surface area (Å²) in [6.45, 7) is 2.75. The van der Waals surface area contributed by atoms with Crippen LogP contribution in [0.25, 0.3) is 11.5 Å². The quantitative estimate of drug-likeness (QED) is 0.824. The van der Waals surface area contributed by atoms with Crippen LogP contribution in [0.15, 0.2) is 36.7 Å². The lowest BCUT2D eigenvalue weighted by Crippen LogP contribution is -2.59. The fourth-order valence-electron chi connectivity index (χ4n) is 3.21. The average molecular weight is 326 g/mol. The summed E-state index contributed by atoms with van der Waals surface area (Å²) in [6, 6.07) is 7.17. The average Bonchev–Trinajstić information content (AvgIpc) is 3.11. The zero-order valence-electron chi connectivity index (χ0n) is 13.2. The molecule has 4 heterocycles. The van der Waals surface area contributed by atoms with Gasteiger partial charge in [-0.2, -0.15) is 0 Å². The van der Waals surface area contributed by atoms with E-state index >= 15 is 0 Å². The number of pyridine rings is 1. The SMILES string of the molecule is O=C(c1ccnc(-c2ccccn2)n1)N1CCOCC12CCOC2. The highest BCUT2D eigenvalue weighted by Crippen LogP contribution is 2.30. The number of nitrogens with zero attached hydrogens (tertiary/aromatic N) is 4. The van der Waals surface area contributed by atoms with Gasteiger partial charge in [0.25, 0.3) is 5.91 Å². The summed E-state index contributed by atoms with van der Waals surface area (Å²) in [5.74, 6) is 0.342. The summed E-state index contributed by atoms with van der Waals surface area (Å²) < 4.78 is 11.1. The van der Waals surface area contributed by atoms with Gasteiger partial charge in [0.1, 0.15) is 11.4 Å². The fraction of sp³-hybridized carbons (Fsp3) is 0.412. The van der Waals surface area contributed by atoms with E-state index < -0.39 is 0 Å². The molecular weight excluding hydrogens is 308 g/mol. The first-order valence-electron chi connectivity index (χ1n) is 8.00. The summed E-state index contributed by atoms with van der Waals surface area (Å²) in [7, 11) is 0. The molecule has 2 aliphatic rings. The Balaban J connectivity index is 1.64. The molecule has 7 heteroatoms. The van der Waals surface area contributed by atoms with Gasteiger partial charge in [-0.25, -0.2) is 9.97 Å². The van der Waals surface area contributed by atoms with Crippen LogP contribution in [0, 0.1) is 0 Å². The molecule has 2 aromatic rings. The van der Waals surface area contributed by atoms with E-state index in [4.69, 9.17) is 9.47 Å². The molecule has 2 aliphatic heterocycles. The van der Waals surface area contributed by atoms with Crippen molar-refractivity contribution < 1.29 is 14.3 Å². The van der Waals surface area contributed by atoms with Gasteiger partial charge in [0, 0.05) is 25.5 Å². The van der Waals surface area contributed by atoms with Crippen LogP contribution in [-0.4, -0.2) is 64.3 Å². The molecule has 2 saturated heterocycles. The summed E-state index contributed by atoms with van der Waals surface area (Å²) in [4.78, 5) is 27.8. The second kappa shape index (κ2) is 6.26. The van der Waals surface area contributed by atoms with Gasteiger partial charge in [-0.05, 0) is 24.6 Å². The Morgan fingerprint density at radius 1 is 1.08 bits per heavy atom. The number of rotatable bonds is 2. The topological polar surface area (TPSA) is 77.4 Å². The predicted octanol–water partition coefficient (Wildman–Crippen LogP) is 1.17. The molecule has 124 valence electrons. The Hall–Kier alpha value is -2.38. The van der Waals surface area contributed by atoms with Crippen LogP contribution in [0.2, 0.25) is 0 Å². The van der Waals surface area contributed by atoms with Crippen molar-refractivity contribution in [1.29, 1.82) is 0 Å². The maximum absolute atomic E-state index is 13.0. The standard InChI is InChI=1S/C17H18N4O3/c22-16(21-8-10-24-12-17(21)5-9-23-11-17)14-4-7-19-15(20-14)13-3-1-2-6-18-13/h1-4,6-7H,5,8-12H2. The van der Waals surface area contributed by atoms with E-state index in [0.717, 1.165) is 6.42 Å². The molecule has 0 aromatic carbocycles. The Kier molecular flexibility index (Phi) is 3.95. The van der Waals surface area contributed by atoms with Crippen molar-refractivity contribution in [3.8, 4) is 11.5 Å². The van der Waals surface area contributed by atoms with Gasteiger partial charge in [0.15, 0.2) is 5.82 Å². The lowest BCUT2D eigenvalue weighted by atomic mass is 9.95. The molecule has 1 amide bonds. The highest BCUT2D eigenvalue weighted by Gasteiger charge is 2.46. The molecule has 1 spiro atoms. The van der Waals surface area contributed by atoms with E-state index in [1.807, 2.05) is 23.1 Å². The number of hydrogen-bond donors (Lipinski definition) is 0. The van der Waals surface area contributed by atoms with E-state index in [9.17, 15) is 4.79 Å². The third-order valence-electron chi connectivity index (χ3n) is 4.50. The highest BCUT2D eigenvalue weighted by molar-refractivity contribution is 5.93. The van der Waals surface area contributed by atoms with Gasteiger partial charge < -0.3 is 14.4 Å². The van der Waals surface area contributed by atoms with E-state index in [2.05, 4.69) is 15.0 Å². The molecule has 0 N–H and O–H groups in total. The first kappa shape index (κ1) is 15.2. The van der Waals surface area contributed by atoms with Crippen LogP contribution >= 0.6 is 0 Å². The van der Waals surface area contributed by atoms with Gasteiger partial charge in [-0.3, -0.25) is 9.78 Å². The van der Waals surface area contributed by atoms with Crippen molar-refractivity contribution in [3.63, 3.8) is 0 Å². The van der Waals surface area contributed by atoms with Gasteiger partial charge in [0.2, 0.25) is 0 Å². The first-order chi connectivity index (χ1) is 11.8. The highest BCUT2D eigenvalue weighted by atomic mass is 16.5. The van der Waals surface area contributed by atoms with Crippen LogP contribution in [0.4, 0.5) is 0 Å². The second-order valence-electron chi connectivity index (χ2n) is 6.02. The maximum atomic E-state index is 13.0. The third-order valence-corrected chi connectivity index (χ3v) is 4.50. The minimum Gasteiger partial charge on any atom is -0.379 e. The molecule has 0 aliphatic carbocycles. The van der Waals surface area contributed by atoms with Gasteiger partial charge in [0.05, 0.1) is 25.4 Å². The smallest absolute Gasteiger partial charge is 0.273 e. The summed E-state index contributed by atoms with van der Waals surface area (Å²) in [6.07, 6.45) is 4.07. The predicted molar refractivity (Wildman–Crippen MR) is 85.3 cm³/mol. The number of hydrogen-bond acceptors (Lipinski definition) is 6. The molecule has 1 atom stereocenters. The van der Waals surface area contributed by atoms with Gasteiger partial charge in [-0.15, -0.1) is 0 Å². The van der Waals surface area contributed by atoms with E-state index in [0.29, 0.717) is 50.2 Å². The van der Waals surface area contributed by atoms with E-state index in [1.54, 1.807) is 18.5 Å². The molecule has 4 rings (SSSR count). The minimum atomic E-state index is -0.370. The monoisotopic (exact) mass is 326 g/mol. The van der Waals surface area contributed by atoms with Crippen LogP contribution in [0.1, 0.15) is 16.9 Å². The van der Waals surface area contributed by atoms with Crippen LogP contribution in [0.5, 0.6) is 0 Å². The largest absolute Gasteiger partial charge is 0.379 e. The lowest BCUT2D eigenvalue weighted by molar-refractivity contribution is -0.0553. The number of aromatic nitrogens is 3. The Morgan fingerprint density at radius 2 is 1.96 bits per heavy atom. The third kappa shape index (κ3) is 2.65. The molecule has 2 aromatic heterocycles. The first-order valence-corrected chi connectivity index (χ1v) is 8.00. The number of carbonyl (C=O) groups excluding carboxylic acids is 1. The lowest BCUT2D eigenvalue weighted by Gasteiger charge is -2.43. The van der Waals surface area contributed by atoms with Crippen LogP contribution in [0.3, 0.4) is 0 Å². The molecule has 7 nitrogen and oxygen atoms in total. The van der Waals surface area contributed by atoms with Crippen molar-refractivity contribution in [1.82, 2.24) is 19.9 Å². The van der Waals surface area contributed by atoms with Crippen LogP contribution in [-0.2, 0) is 9.47 Å². The van der Waals surface area contributed by atoms with Crippen molar-refractivity contribution >= 4 is 5.91 Å². The number of carbonyl (C=O) groups is 1. The minimum absolute atomic E-state index is 0.108. The zero-order valence-corrected chi connectivity index (χ0v) is 13.2. The summed E-state index contributed by atoms with van der Waals surface area (Å²) >= 11 is 0. The molecule has 0 saturated carbocycles. The second-order valence-corrected chi connectivity index (χ2v) is 6.02. The summed E-state index contributed by atoms with van der Waals surface area (Å²) in [5, 5.41) is 0. The molecule has 1 unspecified atom stereocenters. The normalized spacial score (nSPS) is 23.6. The molecular formula is C17H18N4O3. The van der Waals surface area contributed by atoms with Gasteiger partial charge in [-0.1, -0.05) is 6.07 Å².